The number of hydrogen-bond donors (Lipinski definition) is 1. The zero-order chi connectivity index (χ0) is 20.5. The van der Waals surface area contributed by atoms with Crippen LogP contribution in [0.3, 0.4) is 0 Å². The third kappa shape index (κ3) is 3.49. The van der Waals surface area contributed by atoms with E-state index in [9.17, 15) is 18.4 Å². The Labute approximate surface area is 166 Å². The summed E-state index contributed by atoms with van der Waals surface area (Å²) < 4.78 is 28.7. The number of amides is 2. The molecule has 0 radical (unpaired) electrons. The molecular formula is C23H18F2N2O2. The SMILES string of the molecule is Cc1ccc2c(c1)C(c1ccccc1)N(C(=O)c1c(F)cccc1F)CC(=O)N2. The highest BCUT2D eigenvalue weighted by molar-refractivity contribution is 6.01. The first kappa shape index (κ1) is 18.8. The fourth-order valence-corrected chi connectivity index (χ4v) is 3.66. The molecule has 146 valence electrons. The summed E-state index contributed by atoms with van der Waals surface area (Å²) in [5, 5.41) is 2.79. The van der Waals surface area contributed by atoms with Crippen LogP contribution in [0.4, 0.5) is 14.5 Å². The van der Waals surface area contributed by atoms with Gasteiger partial charge in [-0.15, -0.1) is 0 Å². The maximum Gasteiger partial charge on any atom is 0.261 e. The molecule has 0 fully saturated rings. The monoisotopic (exact) mass is 392 g/mol. The summed E-state index contributed by atoms with van der Waals surface area (Å²) in [6.45, 7) is 1.57. The van der Waals surface area contributed by atoms with Gasteiger partial charge < -0.3 is 10.2 Å². The zero-order valence-electron chi connectivity index (χ0n) is 15.7. The van der Waals surface area contributed by atoms with Gasteiger partial charge in [0.15, 0.2) is 0 Å². The number of hydrogen-bond acceptors (Lipinski definition) is 2. The van der Waals surface area contributed by atoms with E-state index in [0.717, 1.165) is 23.3 Å². The minimum Gasteiger partial charge on any atom is -0.324 e. The molecular weight excluding hydrogens is 374 g/mol. The van der Waals surface area contributed by atoms with Crippen molar-refractivity contribution in [3.05, 3.63) is 101 Å². The number of aryl methyl sites for hydroxylation is 1. The lowest BCUT2D eigenvalue weighted by Gasteiger charge is -2.31. The fourth-order valence-electron chi connectivity index (χ4n) is 3.66. The molecule has 1 aliphatic heterocycles. The lowest BCUT2D eigenvalue weighted by molar-refractivity contribution is -0.117. The van der Waals surface area contributed by atoms with E-state index in [1.165, 1.54) is 11.0 Å². The first-order chi connectivity index (χ1) is 14.0. The molecule has 1 N–H and O–H groups in total. The van der Waals surface area contributed by atoms with Gasteiger partial charge in [-0.3, -0.25) is 9.59 Å². The Morgan fingerprint density at radius 1 is 1.00 bits per heavy atom. The van der Waals surface area contributed by atoms with Crippen molar-refractivity contribution < 1.29 is 18.4 Å². The third-order valence-corrected chi connectivity index (χ3v) is 4.95. The van der Waals surface area contributed by atoms with Crippen LogP contribution in [-0.2, 0) is 4.79 Å². The molecule has 0 saturated heterocycles. The van der Waals surface area contributed by atoms with Crippen LogP contribution in [0, 0.1) is 18.6 Å². The Kier molecular flexibility index (Phi) is 4.84. The van der Waals surface area contributed by atoms with Crippen LogP contribution in [0.2, 0.25) is 0 Å². The molecule has 0 saturated carbocycles. The van der Waals surface area contributed by atoms with Gasteiger partial charge in [0, 0.05) is 11.3 Å². The third-order valence-electron chi connectivity index (χ3n) is 4.95. The number of fused-ring (bicyclic) bond motifs is 1. The van der Waals surface area contributed by atoms with Gasteiger partial charge in [0.2, 0.25) is 5.91 Å². The molecule has 3 aromatic carbocycles. The number of nitrogens with zero attached hydrogens (tertiary/aromatic N) is 1. The highest BCUT2D eigenvalue weighted by atomic mass is 19.1. The van der Waals surface area contributed by atoms with Crippen molar-refractivity contribution in [2.45, 2.75) is 13.0 Å². The van der Waals surface area contributed by atoms with Crippen LogP contribution in [-0.4, -0.2) is 23.3 Å². The molecule has 1 aliphatic rings. The highest BCUT2D eigenvalue weighted by Gasteiger charge is 2.35. The Hall–Kier alpha value is -3.54. The van der Waals surface area contributed by atoms with Crippen molar-refractivity contribution in [1.82, 2.24) is 4.90 Å². The second-order valence-electron chi connectivity index (χ2n) is 6.98. The Bertz CT molecular complexity index is 1080. The molecule has 29 heavy (non-hydrogen) atoms. The Balaban J connectivity index is 1.93. The van der Waals surface area contributed by atoms with Gasteiger partial charge in [-0.2, -0.15) is 0 Å². The van der Waals surface area contributed by atoms with Gasteiger partial charge in [-0.25, -0.2) is 8.78 Å². The van der Waals surface area contributed by atoms with E-state index < -0.39 is 35.1 Å². The molecule has 1 heterocycles. The first-order valence-electron chi connectivity index (χ1n) is 9.16. The van der Waals surface area contributed by atoms with Crippen LogP contribution in [0.25, 0.3) is 0 Å². The predicted molar refractivity (Wildman–Crippen MR) is 105 cm³/mol. The lowest BCUT2D eigenvalue weighted by atomic mass is 9.94. The van der Waals surface area contributed by atoms with E-state index in [4.69, 9.17) is 0 Å². The summed E-state index contributed by atoms with van der Waals surface area (Å²) >= 11 is 0. The molecule has 3 aromatic rings. The number of benzene rings is 3. The topological polar surface area (TPSA) is 49.4 Å². The second kappa shape index (κ2) is 7.47. The number of anilines is 1. The molecule has 0 spiro atoms. The molecule has 0 aromatic heterocycles. The van der Waals surface area contributed by atoms with Crippen LogP contribution in [0.1, 0.15) is 33.1 Å². The summed E-state index contributed by atoms with van der Waals surface area (Å²) in [5.74, 6) is -3.23. The molecule has 6 heteroatoms. The number of halogens is 2. The van der Waals surface area contributed by atoms with Crippen LogP contribution in [0.15, 0.2) is 66.7 Å². The van der Waals surface area contributed by atoms with Gasteiger partial charge in [-0.05, 0) is 30.7 Å². The number of carbonyl (C=O) groups is 2. The summed E-state index contributed by atoms with van der Waals surface area (Å²) in [4.78, 5) is 27.0. The molecule has 4 nitrogen and oxygen atoms in total. The zero-order valence-corrected chi connectivity index (χ0v) is 15.7. The molecule has 0 aliphatic carbocycles. The largest absolute Gasteiger partial charge is 0.324 e. The summed E-state index contributed by atoms with van der Waals surface area (Å²) in [6.07, 6.45) is 0. The van der Waals surface area contributed by atoms with Crippen molar-refractivity contribution >= 4 is 17.5 Å². The standard InChI is InChI=1S/C23H18F2N2O2/c1-14-10-11-19-16(12-14)22(15-6-3-2-4-7-15)27(13-20(28)26-19)23(29)21-17(24)8-5-9-18(21)25/h2-12,22H,13H2,1H3,(H,26,28). The summed E-state index contributed by atoms with van der Waals surface area (Å²) in [6, 6.07) is 17.2. The first-order valence-corrected chi connectivity index (χ1v) is 9.16. The Morgan fingerprint density at radius 3 is 2.38 bits per heavy atom. The minimum atomic E-state index is -0.962. The maximum absolute atomic E-state index is 14.4. The van der Waals surface area contributed by atoms with Crippen LogP contribution >= 0.6 is 0 Å². The predicted octanol–water partition coefficient (Wildman–Crippen LogP) is 4.46. The van der Waals surface area contributed by atoms with Crippen molar-refractivity contribution in [2.24, 2.45) is 0 Å². The minimum absolute atomic E-state index is 0.333. The quantitative estimate of drug-likeness (QED) is 0.700. The van der Waals surface area contributed by atoms with Gasteiger partial charge in [-0.1, -0.05) is 54.1 Å². The molecule has 1 atom stereocenters. The van der Waals surface area contributed by atoms with Crippen molar-refractivity contribution in [3.63, 3.8) is 0 Å². The van der Waals surface area contributed by atoms with E-state index in [2.05, 4.69) is 5.32 Å². The van der Waals surface area contributed by atoms with Crippen molar-refractivity contribution in [3.8, 4) is 0 Å². The summed E-state index contributed by atoms with van der Waals surface area (Å²) in [5.41, 5.74) is 2.26. The number of nitrogens with one attached hydrogen (secondary N) is 1. The van der Waals surface area contributed by atoms with Gasteiger partial charge in [0.05, 0.1) is 6.04 Å². The summed E-state index contributed by atoms with van der Waals surface area (Å²) in [7, 11) is 0. The average Bonchev–Trinajstić information content (AvgIpc) is 2.84. The van der Waals surface area contributed by atoms with E-state index >= 15 is 0 Å². The molecule has 0 bridgehead atoms. The van der Waals surface area contributed by atoms with Crippen LogP contribution in [0.5, 0.6) is 0 Å². The number of rotatable bonds is 2. The fraction of sp³-hybridized carbons (Fsp3) is 0.130. The van der Waals surface area contributed by atoms with E-state index in [-0.39, 0.29) is 6.54 Å². The van der Waals surface area contributed by atoms with Gasteiger partial charge in [0.1, 0.15) is 23.7 Å². The van der Waals surface area contributed by atoms with E-state index in [1.807, 2.05) is 49.4 Å². The molecule has 1 unspecified atom stereocenters. The second-order valence-corrected chi connectivity index (χ2v) is 6.98. The van der Waals surface area contributed by atoms with Gasteiger partial charge in [0.25, 0.3) is 5.91 Å². The number of carbonyl (C=O) groups excluding carboxylic acids is 2. The molecule has 2 amide bonds. The molecule has 4 rings (SSSR count). The van der Waals surface area contributed by atoms with Gasteiger partial charge >= 0.3 is 0 Å². The van der Waals surface area contributed by atoms with E-state index in [1.54, 1.807) is 6.07 Å². The van der Waals surface area contributed by atoms with Crippen molar-refractivity contribution in [1.29, 1.82) is 0 Å². The maximum atomic E-state index is 14.4. The highest BCUT2D eigenvalue weighted by Crippen LogP contribution is 2.37. The van der Waals surface area contributed by atoms with Crippen LogP contribution < -0.4 is 5.32 Å². The smallest absolute Gasteiger partial charge is 0.261 e. The average molecular weight is 392 g/mol. The lowest BCUT2D eigenvalue weighted by Crippen LogP contribution is -2.39. The van der Waals surface area contributed by atoms with E-state index in [0.29, 0.717) is 11.3 Å². The normalized spacial score (nSPS) is 16.0. The van der Waals surface area contributed by atoms with Crippen molar-refractivity contribution in [2.75, 3.05) is 11.9 Å². The Morgan fingerprint density at radius 2 is 1.69 bits per heavy atom.